The van der Waals surface area contributed by atoms with Crippen LogP contribution in [0.2, 0.25) is 5.02 Å². The average molecular weight is 367 g/mol. The van der Waals surface area contributed by atoms with Gasteiger partial charge in [0.05, 0.1) is 24.0 Å². The van der Waals surface area contributed by atoms with Crippen molar-refractivity contribution in [2.75, 3.05) is 37.0 Å². The summed E-state index contributed by atoms with van der Waals surface area (Å²) in [6, 6.07) is 7.10. The Morgan fingerprint density at radius 3 is 2.75 bits per heavy atom. The SMILES string of the molecule is CCn1c(SCC(=O)c2ccccc2Cl)nnc1N1CCOCC1. The summed E-state index contributed by atoms with van der Waals surface area (Å²) in [4.78, 5) is 14.5. The van der Waals surface area contributed by atoms with Crippen LogP contribution < -0.4 is 4.90 Å². The first-order chi connectivity index (χ1) is 11.7. The quantitative estimate of drug-likeness (QED) is 0.578. The Kier molecular flexibility index (Phi) is 5.76. The van der Waals surface area contributed by atoms with Crippen molar-refractivity contribution >= 4 is 35.1 Å². The first-order valence-corrected chi connectivity index (χ1v) is 9.23. The third-order valence-corrected chi connectivity index (χ3v) is 5.11. The van der Waals surface area contributed by atoms with Crippen LogP contribution in [0.3, 0.4) is 0 Å². The molecule has 0 amide bonds. The molecule has 128 valence electrons. The molecule has 0 bridgehead atoms. The van der Waals surface area contributed by atoms with E-state index < -0.39 is 0 Å². The van der Waals surface area contributed by atoms with Crippen molar-refractivity contribution in [3.05, 3.63) is 34.9 Å². The van der Waals surface area contributed by atoms with E-state index in [1.807, 2.05) is 23.6 Å². The number of benzene rings is 1. The number of Topliss-reactive ketones (excluding diaryl/α,β-unsaturated/α-hetero) is 1. The molecular weight excluding hydrogens is 348 g/mol. The summed E-state index contributed by atoms with van der Waals surface area (Å²) in [5.74, 6) is 1.11. The average Bonchev–Trinajstić information content (AvgIpc) is 3.03. The molecule has 3 rings (SSSR count). The van der Waals surface area contributed by atoms with Gasteiger partial charge < -0.3 is 9.64 Å². The molecule has 2 aromatic rings. The molecule has 0 saturated carbocycles. The first kappa shape index (κ1) is 17.3. The molecule has 2 heterocycles. The minimum absolute atomic E-state index is 0.0100. The standard InChI is InChI=1S/C16H19ClN4O2S/c1-2-21-15(20-7-9-23-10-8-20)18-19-16(21)24-11-14(22)12-5-3-4-6-13(12)17/h3-6H,2,7-11H2,1H3. The molecule has 24 heavy (non-hydrogen) atoms. The summed E-state index contributed by atoms with van der Waals surface area (Å²) in [6.07, 6.45) is 0. The van der Waals surface area contributed by atoms with Crippen LogP contribution in [0, 0.1) is 0 Å². The Morgan fingerprint density at radius 2 is 2.04 bits per heavy atom. The van der Waals surface area contributed by atoms with Gasteiger partial charge in [0.2, 0.25) is 5.95 Å². The van der Waals surface area contributed by atoms with E-state index in [2.05, 4.69) is 15.1 Å². The fourth-order valence-electron chi connectivity index (χ4n) is 2.56. The van der Waals surface area contributed by atoms with Crippen LogP contribution in [-0.4, -0.2) is 52.6 Å². The highest BCUT2D eigenvalue weighted by Crippen LogP contribution is 2.24. The number of hydrogen-bond acceptors (Lipinski definition) is 6. The van der Waals surface area contributed by atoms with E-state index in [1.54, 1.807) is 12.1 Å². The van der Waals surface area contributed by atoms with Crippen LogP contribution in [0.1, 0.15) is 17.3 Å². The highest BCUT2D eigenvalue weighted by molar-refractivity contribution is 7.99. The molecule has 8 heteroatoms. The smallest absolute Gasteiger partial charge is 0.228 e. The lowest BCUT2D eigenvalue weighted by atomic mass is 10.1. The molecule has 0 N–H and O–H groups in total. The van der Waals surface area contributed by atoms with E-state index >= 15 is 0 Å². The number of thioether (sulfide) groups is 1. The Bertz CT molecular complexity index is 716. The largest absolute Gasteiger partial charge is 0.378 e. The normalized spacial score (nSPS) is 14.8. The second-order valence-corrected chi connectivity index (χ2v) is 6.67. The molecular formula is C16H19ClN4O2S. The van der Waals surface area contributed by atoms with Crippen molar-refractivity contribution in [1.82, 2.24) is 14.8 Å². The number of carbonyl (C=O) groups is 1. The van der Waals surface area contributed by atoms with Gasteiger partial charge >= 0.3 is 0 Å². The van der Waals surface area contributed by atoms with Gasteiger partial charge in [0, 0.05) is 25.2 Å². The van der Waals surface area contributed by atoms with Gasteiger partial charge in [0.15, 0.2) is 10.9 Å². The number of carbonyl (C=O) groups excluding carboxylic acids is 1. The van der Waals surface area contributed by atoms with E-state index in [-0.39, 0.29) is 11.5 Å². The lowest BCUT2D eigenvalue weighted by molar-refractivity contribution is 0.102. The summed E-state index contributed by atoms with van der Waals surface area (Å²) >= 11 is 7.47. The Labute approximate surface area is 150 Å². The highest BCUT2D eigenvalue weighted by Gasteiger charge is 2.20. The first-order valence-electron chi connectivity index (χ1n) is 7.87. The predicted octanol–water partition coefficient (Wildman–Crippen LogP) is 2.76. The fourth-order valence-corrected chi connectivity index (χ4v) is 3.68. The third-order valence-electron chi connectivity index (χ3n) is 3.81. The molecule has 0 unspecified atom stereocenters. The van der Waals surface area contributed by atoms with Crippen molar-refractivity contribution in [1.29, 1.82) is 0 Å². The molecule has 0 aliphatic carbocycles. The van der Waals surface area contributed by atoms with Gasteiger partial charge in [0.25, 0.3) is 0 Å². The maximum Gasteiger partial charge on any atom is 0.228 e. The van der Waals surface area contributed by atoms with Gasteiger partial charge in [-0.25, -0.2) is 0 Å². The fraction of sp³-hybridized carbons (Fsp3) is 0.438. The number of ketones is 1. The van der Waals surface area contributed by atoms with E-state index in [0.29, 0.717) is 23.8 Å². The van der Waals surface area contributed by atoms with Crippen molar-refractivity contribution in [2.45, 2.75) is 18.6 Å². The van der Waals surface area contributed by atoms with Crippen LogP contribution >= 0.6 is 23.4 Å². The van der Waals surface area contributed by atoms with Gasteiger partial charge in [-0.3, -0.25) is 9.36 Å². The summed E-state index contributed by atoms with van der Waals surface area (Å²) in [5.41, 5.74) is 0.544. The van der Waals surface area contributed by atoms with Crippen LogP contribution in [-0.2, 0) is 11.3 Å². The lowest BCUT2D eigenvalue weighted by Gasteiger charge is -2.27. The van der Waals surface area contributed by atoms with E-state index in [4.69, 9.17) is 16.3 Å². The van der Waals surface area contributed by atoms with Crippen molar-refractivity contribution < 1.29 is 9.53 Å². The number of halogens is 1. The number of rotatable bonds is 6. The monoisotopic (exact) mass is 366 g/mol. The van der Waals surface area contributed by atoms with Gasteiger partial charge in [0.1, 0.15) is 0 Å². The van der Waals surface area contributed by atoms with E-state index in [0.717, 1.165) is 30.7 Å². The number of nitrogens with zero attached hydrogens (tertiary/aromatic N) is 4. The Hall–Kier alpha value is -1.57. The predicted molar refractivity (Wildman–Crippen MR) is 95.2 cm³/mol. The van der Waals surface area contributed by atoms with E-state index in [1.165, 1.54) is 11.8 Å². The van der Waals surface area contributed by atoms with Crippen LogP contribution in [0.4, 0.5) is 5.95 Å². The van der Waals surface area contributed by atoms with Gasteiger partial charge in [-0.15, -0.1) is 10.2 Å². The number of hydrogen-bond donors (Lipinski definition) is 0. The molecule has 1 aliphatic heterocycles. The Morgan fingerprint density at radius 1 is 1.29 bits per heavy atom. The summed E-state index contributed by atoms with van der Waals surface area (Å²) < 4.78 is 7.42. The number of morpholine rings is 1. The molecule has 0 radical (unpaired) electrons. The Balaban J connectivity index is 1.70. The minimum Gasteiger partial charge on any atom is -0.378 e. The van der Waals surface area contributed by atoms with Crippen LogP contribution in [0.15, 0.2) is 29.4 Å². The molecule has 1 fully saturated rings. The summed E-state index contributed by atoms with van der Waals surface area (Å²) in [5, 5.41) is 9.79. The molecule has 1 aromatic carbocycles. The molecule has 0 atom stereocenters. The summed E-state index contributed by atoms with van der Waals surface area (Å²) in [6.45, 7) is 5.81. The van der Waals surface area contributed by atoms with Crippen molar-refractivity contribution in [2.24, 2.45) is 0 Å². The zero-order chi connectivity index (χ0) is 16.9. The van der Waals surface area contributed by atoms with Gasteiger partial charge in [-0.1, -0.05) is 35.5 Å². The number of aromatic nitrogens is 3. The molecule has 1 aliphatic rings. The zero-order valence-electron chi connectivity index (χ0n) is 13.4. The highest BCUT2D eigenvalue weighted by atomic mass is 35.5. The molecule has 6 nitrogen and oxygen atoms in total. The minimum atomic E-state index is -0.0100. The zero-order valence-corrected chi connectivity index (χ0v) is 15.0. The van der Waals surface area contributed by atoms with Gasteiger partial charge in [-0.05, 0) is 19.1 Å². The topological polar surface area (TPSA) is 60.2 Å². The number of anilines is 1. The third kappa shape index (κ3) is 3.74. The maximum atomic E-state index is 12.4. The van der Waals surface area contributed by atoms with Crippen LogP contribution in [0.5, 0.6) is 0 Å². The van der Waals surface area contributed by atoms with E-state index in [9.17, 15) is 4.79 Å². The molecule has 1 aromatic heterocycles. The lowest BCUT2D eigenvalue weighted by Crippen LogP contribution is -2.38. The number of ether oxygens (including phenoxy) is 1. The summed E-state index contributed by atoms with van der Waals surface area (Å²) in [7, 11) is 0. The van der Waals surface area contributed by atoms with Crippen molar-refractivity contribution in [3.8, 4) is 0 Å². The molecule has 1 saturated heterocycles. The maximum absolute atomic E-state index is 12.4. The second-order valence-electron chi connectivity index (χ2n) is 5.32. The van der Waals surface area contributed by atoms with Crippen LogP contribution in [0.25, 0.3) is 0 Å². The second kappa shape index (κ2) is 8.00. The van der Waals surface area contributed by atoms with Gasteiger partial charge in [-0.2, -0.15) is 0 Å². The molecule has 0 spiro atoms. The van der Waals surface area contributed by atoms with Crippen molar-refractivity contribution in [3.63, 3.8) is 0 Å².